The van der Waals surface area contributed by atoms with Gasteiger partial charge in [0.2, 0.25) is 0 Å². The van der Waals surface area contributed by atoms with Crippen LogP contribution in [0.4, 0.5) is 5.82 Å². The lowest BCUT2D eigenvalue weighted by Gasteiger charge is -2.20. The molecule has 0 saturated heterocycles. The standard InChI is InChI=1S/C47H81N2O9P/c1-3-5-7-9-11-13-15-17-18-20-21-23-25-27-29-31-46(51)55-41-44(58-47(52)32-30-28-26-24-22-19-16-14-12-10-8-6-4-2)42-57-59(53,54)56-38-37-48-35-36-49-39-43(40-50)33-34-45(48)49/h11,13,17-18,33-34,39,44,50H,3-10,12,14-16,19-32,35-38,40-42H2,1-2H3/p+1/b13-11-,18-17-. The number of rotatable bonds is 39. The van der Waals surface area contributed by atoms with Gasteiger partial charge in [0.1, 0.15) is 26.2 Å². The van der Waals surface area contributed by atoms with Gasteiger partial charge in [0, 0.05) is 24.5 Å². The van der Waals surface area contributed by atoms with Crippen LogP contribution in [0.3, 0.4) is 0 Å². The van der Waals surface area contributed by atoms with E-state index in [2.05, 4.69) is 38.2 Å². The summed E-state index contributed by atoms with van der Waals surface area (Å²) < 4.78 is 36.5. The van der Waals surface area contributed by atoms with Gasteiger partial charge < -0.3 is 19.5 Å². The number of aromatic nitrogens is 1. The largest absolute Gasteiger partial charge is 0.472 e. The Balaban J connectivity index is 1.70. The maximum Gasteiger partial charge on any atom is 0.472 e. The van der Waals surface area contributed by atoms with Crippen molar-refractivity contribution in [3.05, 3.63) is 48.2 Å². The highest BCUT2D eigenvalue weighted by molar-refractivity contribution is 7.47. The number of unbranched alkanes of at least 4 members (excludes halogenated alkanes) is 20. The van der Waals surface area contributed by atoms with Crippen LogP contribution < -0.4 is 9.47 Å². The van der Waals surface area contributed by atoms with Crippen LogP contribution in [0, 0.1) is 0 Å². The molecule has 1 aromatic rings. The fourth-order valence-corrected chi connectivity index (χ4v) is 7.93. The van der Waals surface area contributed by atoms with Crippen LogP contribution in [0.5, 0.6) is 0 Å². The van der Waals surface area contributed by atoms with E-state index in [4.69, 9.17) is 18.5 Å². The van der Waals surface area contributed by atoms with Gasteiger partial charge in [0.15, 0.2) is 6.10 Å². The maximum absolute atomic E-state index is 12.8. The number of hydrogen-bond donors (Lipinski definition) is 2. The lowest BCUT2D eigenvalue weighted by Crippen LogP contribution is -2.32. The van der Waals surface area contributed by atoms with E-state index in [1.54, 1.807) is 0 Å². The second-order valence-corrected chi connectivity index (χ2v) is 17.6. The zero-order valence-corrected chi connectivity index (χ0v) is 37.9. The Morgan fingerprint density at radius 2 is 1.27 bits per heavy atom. The van der Waals surface area contributed by atoms with E-state index in [-0.39, 0.29) is 32.7 Å². The van der Waals surface area contributed by atoms with Gasteiger partial charge in [-0.25, -0.2) is 9.13 Å². The number of nitrogens with zero attached hydrogens (tertiary/aromatic N) is 2. The molecular formula is C47H82N2O9P+. The normalized spacial score (nSPS) is 14.3. The molecule has 1 aliphatic heterocycles. The van der Waals surface area contributed by atoms with E-state index in [1.807, 2.05) is 27.8 Å². The van der Waals surface area contributed by atoms with Gasteiger partial charge >= 0.3 is 19.8 Å². The lowest BCUT2D eigenvalue weighted by molar-refractivity contribution is -0.671. The van der Waals surface area contributed by atoms with Gasteiger partial charge in [-0.05, 0) is 51.0 Å². The molecule has 0 bridgehead atoms. The Hall–Kier alpha value is -2.56. The van der Waals surface area contributed by atoms with E-state index in [9.17, 15) is 24.2 Å². The number of allylic oxidation sites excluding steroid dienone is 4. The number of hydrogen-bond acceptors (Lipinski definition) is 9. The summed E-state index contributed by atoms with van der Waals surface area (Å²) in [5, 5.41) is 9.42. The number of phosphoric acid groups is 1. The lowest BCUT2D eigenvalue weighted by atomic mass is 10.0. The molecule has 11 nitrogen and oxygen atoms in total. The number of aliphatic hydroxyl groups excluding tert-OH is 1. The molecule has 2 atom stereocenters. The minimum absolute atomic E-state index is 0.0418. The van der Waals surface area contributed by atoms with Crippen LogP contribution in [-0.4, -0.2) is 61.0 Å². The summed E-state index contributed by atoms with van der Waals surface area (Å²) in [6, 6.07) is 3.75. The van der Waals surface area contributed by atoms with Gasteiger partial charge in [-0.2, -0.15) is 0 Å². The first kappa shape index (κ1) is 52.6. The fourth-order valence-electron chi connectivity index (χ4n) is 7.18. The molecular weight excluding hydrogens is 767 g/mol. The van der Waals surface area contributed by atoms with Crippen molar-refractivity contribution >= 4 is 25.6 Å². The van der Waals surface area contributed by atoms with Crippen molar-refractivity contribution in [2.75, 3.05) is 37.8 Å². The highest BCUT2D eigenvalue weighted by Crippen LogP contribution is 2.43. The summed E-state index contributed by atoms with van der Waals surface area (Å²) >= 11 is 0. The van der Waals surface area contributed by atoms with Crippen LogP contribution >= 0.6 is 7.82 Å². The molecule has 1 aliphatic rings. The summed E-state index contributed by atoms with van der Waals surface area (Å²) in [5.41, 5.74) is 0.812. The van der Waals surface area contributed by atoms with E-state index in [1.165, 1.54) is 83.5 Å². The zero-order chi connectivity index (χ0) is 42.7. The van der Waals surface area contributed by atoms with Crippen molar-refractivity contribution in [1.82, 2.24) is 0 Å². The fraction of sp³-hybridized carbons (Fsp3) is 0.766. The van der Waals surface area contributed by atoms with Crippen molar-refractivity contribution in [3.63, 3.8) is 0 Å². The monoisotopic (exact) mass is 850 g/mol. The van der Waals surface area contributed by atoms with Crippen molar-refractivity contribution in [2.45, 2.75) is 200 Å². The third kappa shape index (κ3) is 27.8. The topological polar surface area (TPSA) is 136 Å². The molecule has 0 aliphatic carbocycles. The number of phosphoric ester groups is 1. The van der Waals surface area contributed by atoms with Crippen LogP contribution in [-0.2, 0) is 45.8 Å². The minimum Gasteiger partial charge on any atom is -0.462 e. The molecule has 0 fully saturated rings. The number of carbonyl (C=O) groups is 2. The number of carbonyl (C=O) groups excluding carboxylic acids is 2. The van der Waals surface area contributed by atoms with Crippen LogP contribution in [0.1, 0.15) is 186 Å². The van der Waals surface area contributed by atoms with Crippen LogP contribution in [0.25, 0.3) is 0 Å². The minimum atomic E-state index is -4.49. The van der Waals surface area contributed by atoms with E-state index >= 15 is 0 Å². The van der Waals surface area contributed by atoms with Gasteiger partial charge in [-0.1, -0.05) is 147 Å². The maximum atomic E-state index is 12.8. The molecule has 0 amide bonds. The number of esters is 2. The number of ether oxygens (including phenoxy) is 2. The molecule has 59 heavy (non-hydrogen) atoms. The first-order chi connectivity index (χ1) is 28.8. The molecule has 0 saturated carbocycles. The molecule has 2 N–H and O–H groups in total. The SMILES string of the molecule is CCCCC/C=C\C/C=C\CCCCCCCC(=O)OCC(COP(=O)(O)OCCN1CC[n+]2cc(CO)ccc21)OC(=O)CCCCCCCCCCCCCCC. The Morgan fingerprint density at radius 3 is 1.88 bits per heavy atom. The molecule has 2 rings (SSSR count). The molecule has 0 radical (unpaired) electrons. The first-order valence-electron chi connectivity index (χ1n) is 23.4. The van der Waals surface area contributed by atoms with Crippen LogP contribution in [0.2, 0.25) is 0 Å². The number of anilines is 1. The molecule has 0 aromatic carbocycles. The van der Waals surface area contributed by atoms with Crippen molar-refractivity contribution in [1.29, 1.82) is 0 Å². The smallest absolute Gasteiger partial charge is 0.462 e. The average molecular weight is 850 g/mol. The highest BCUT2D eigenvalue weighted by Gasteiger charge is 2.30. The zero-order valence-electron chi connectivity index (χ0n) is 37.0. The Morgan fingerprint density at radius 1 is 0.729 bits per heavy atom. The predicted octanol–water partition coefficient (Wildman–Crippen LogP) is 11.2. The first-order valence-corrected chi connectivity index (χ1v) is 24.9. The number of fused-ring (bicyclic) bond motifs is 1. The third-order valence-corrected chi connectivity index (χ3v) is 11.7. The third-order valence-electron chi connectivity index (χ3n) is 10.8. The molecule has 12 heteroatoms. The van der Waals surface area contributed by atoms with Gasteiger partial charge in [-0.15, -0.1) is 0 Å². The van der Waals surface area contributed by atoms with Gasteiger partial charge in [0.05, 0.1) is 26.0 Å². The molecule has 0 spiro atoms. The van der Waals surface area contributed by atoms with E-state index in [0.29, 0.717) is 25.9 Å². The Kier molecular flexibility index (Phi) is 31.3. The van der Waals surface area contributed by atoms with E-state index < -0.39 is 32.5 Å². The molecule has 338 valence electrons. The van der Waals surface area contributed by atoms with Crippen molar-refractivity contribution in [2.24, 2.45) is 0 Å². The van der Waals surface area contributed by atoms with Crippen molar-refractivity contribution < 1.29 is 47.2 Å². The van der Waals surface area contributed by atoms with E-state index in [0.717, 1.165) is 75.7 Å². The number of aliphatic hydroxyl groups is 1. The summed E-state index contributed by atoms with van der Waals surface area (Å²) in [6.07, 6.45) is 38.0. The Labute approximate surface area is 357 Å². The molecule has 2 unspecified atom stereocenters. The summed E-state index contributed by atoms with van der Waals surface area (Å²) in [5.74, 6) is 0.0813. The van der Waals surface area contributed by atoms with Crippen LogP contribution in [0.15, 0.2) is 42.6 Å². The second-order valence-electron chi connectivity index (χ2n) is 16.1. The molecule has 2 heterocycles. The predicted molar refractivity (Wildman–Crippen MR) is 237 cm³/mol. The Bertz CT molecular complexity index is 1340. The summed E-state index contributed by atoms with van der Waals surface area (Å²) in [6.45, 7) is 5.45. The second kappa shape index (κ2) is 35.1. The van der Waals surface area contributed by atoms with Gasteiger partial charge in [-0.3, -0.25) is 23.5 Å². The molecule has 1 aromatic heterocycles. The highest BCUT2D eigenvalue weighted by atomic mass is 31.2. The van der Waals surface area contributed by atoms with Gasteiger partial charge in [0.25, 0.3) is 5.82 Å². The van der Waals surface area contributed by atoms with Crippen molar-refractivity contribution in [3.8, 4) is 0 Å². The summed E-state index contributed by atoms with van der Waals surface area (Å²) in [7, 11) is -4.49. The average Bonchev–Trinajstić information content (AvgIpc) is 3.63. The quantitative estimate of drug-likeness (QED) is 0.0217. The summed E-state index contributed by atoms with van der Waals surface area (Å²) in [4.78, 5) is 37.9. The number of pyridine rings is 1.